The summed E-state index contributed by atoms with van der Waals surface area (Å²) in [7, 11) is 0. The standard InChI is InChI=1S/C14H27NO2/c1-3-12(4-2)13(16)15-11-14(17)9-7-5-6-8-10-14/h12,17H,3-11H2,1-2H3,(H,15,16). The first-order valence-corrected chi connectivity index (χ1v) is 7.11. The van der Waals surface area contributed by atoms with Crippen LogP contribution in [-0.4, -0.2) is 23.2 Å². The Hall–Kier alpha value is -0.570. The molecule has 1 rings (SSSR count). The van der Waals surface area contributed by atoms with E-state index in [4.69, 9.17) is 0 Å². The SMILES string of the molecule is CCC(CC)C(=O)NCC1(O)CCCCCC1. The molecule has 0 atom stereocenters. The van der Waals surface area contributed by atoms with Gasteiger partial charge in [0, 0.05) is 12.5 Å². The van der Waals surface area contributed by atoms with E-state index in [0.29, 0.717) is 6.54 Å². The lowest BCUT2D eigenvalue weighted by Crippen LogP contribution is -2.44. The minimum atomic E-state index is -0.655. The van der Waals surface area contributed by atoms with Gasteiger partial charge in [0.05, 0.1) is 5.60 Å². The molecule has 1 aliphatic carbocycles. The van der Waals surface area contributed by atoms with Crippen LogP contribution < -0.4 is 5.32 Å². The molecule has 1 amide bonds. The van der Waals surface area contributed by atoms with Gasteiger partial charge in [-0.25, -0.2) is 0 Å². The topological polar surface area (TPSA) is 49.3 Å². The Kier molecular flexibility index (Phi) is 5.96. The van der Waals surface area contributed by atoms with E-state index in [1.165, 1.54) is 12.8 Å². The average Bonchev–Trinajstić information content (AvgIpc) is 2.54. The van der Waals surface area contributed by atoms with Gasteiger partial charge >= 0.3 is 0 Å². The van der Waals surface area contributed by atoms with Crippen LogP contribution in [0.5, 0.6) is 0 Å². The number of aliphatic hydroxyl groups is 1. The van der Waals surface area contributed by atoms with Gasteiger partial charge in [0.15, 0.2) is 0 Å². The molecule has 3 nitrogen and oxygen atoms in total. The van der Waals surface area contributed by atoms with Gasteiger partial charge in [-0.2, -0.15) is 0 Å². The molecule has 0 spiro atoms. The minimum absolute atomic E-state index is 0.101. The maximum Gasteiger partial charge on any atom is 0.223 e. The monoisotopic (exact) mass is 241 g/mol. The molecular weight excluding hydrogens is 214 g/mol. The van der Waals surface area contributed by atoms with E-state index in [2.05, 4.69) is 5.32 Å². The third kappa shape index (κ3) is 4.66. The summed E-state index contributed by atoms with van der Waals surface area (Å²) >= 11 is 0. The maximum absolute atomic E-state index is 11.9. The van der Waals surface area contributed by atoms with Crippen LogP contribution in [0.1, 0.15) is 65.2 Å². The Bertz CT molecular complexity index is 228. The van der Waals surface area contributed by atoms with Crippen molar-refractivity contribution in [1.82, 2.24) is 5.32 Å². The number of hydrogen-bond acceptors (Lipinski definition) is 2. The first-order valence-electron chi connectivity index (χ1n) is 7.11. The highest BCUT2D eigenvalue weighted by Gasteiger charge is 2.29. The predicted molar refractivity (Wildman–Crippen MR) is 69.7 cm³/mol. The lowest BCUT2D eigenvalue weighted by atomic mass is 9.94. The highest BCUT2D eigenvalue weighted by atomic mass is 16.3. The molecule has 100 valence electrons. The maximum atomic E-state index is 11.9. The molecule has 2 N–H and O–H groups in total. The van der Waals surface area contributed by atoms with Crippen molar-refractivity contribution in [2.45, 2.75) is 70.8 Å². The van der Waals surface area contributed by atoms with Crippen LogP contribution in [0.2, 0.25) is 0 Å². The van der Waals surface area contributed by atoms with E-state index in [9.17, 15) is 9.90 Å². The summed E-state index contributed by atoms with van der Waals surface area (Å²) in [5, 5.41) is 13.3. The quantitative estimate of drug-likeness (QED) is 0.727. The lowest BCUT2D eigenvalue weighted by molar-refractivity contribution is -0.126. The predicted octanol–water partition coefficient (Wildman–Crippen LogP) is 2.62. The molecule has 17 heavy (non-hydrogen) atoms. The van der Waals surface area contributed by atoms with Gasteiger partial charge < -0.3 is 10.4 Å². The summed E-state index contributed by atoms with van der Waals surface area (Å²) in [5.41, 5.74) is -0.655. The van der Waals surface area contributed by atoms with E-state index in [-0.39, 0.29) is 11.8 Å². The van der Waals surface area contributed by atoms with Crippen LogP contribution in [0.15, 0.2) is 0 Å². The smallest absolute Gasteiger partial charge is 0.223 e. The zero-order valence-electron chi connectivity index (χ0n) is 11.3. The van der Waals surface area contributed by atoms with Crippen molar-refractivity contribution in [3.05, 3.63) is 0 Å². The molecule has 0 saturated heterocycles. The molecule has 3 heteroatoms. The number of carbonyl (C=O) groups excluding carboxylic acids is 1. The third-order valence-electron chi connectivity index (χ3n) is 3.98. The largest absolute Gasteiger partial charge is 0.388 e. The molecule has 0 aromatic heterocycles. The molecule has 0 aromatic rings. The molecule has 0 aromatic carbocycles. The molecule has 1 saturated carbocycles. The second kappa shape index (κ2) is 7.00. The Morgan fingerprint density at radius 3 is 2.18 bits per heavy atom. The van der Waals surface area contributed by atoms with Crippen LogP contribution >= 0.6 is 0 Å². The fourth-order valence-electron chi connectivity index (χ4n) is 2.62. The Labute approximate surface area is 105 Å². The van der Waals surface area contributed by atoms with Gasteiger partial charge in [-0.05, 0) is 25.7 Å². The van der Waals surface area contributed by atoms with Crippen molar-refractivity contribution in [2.24, 2.45) is 5.92 Å². The van der Waals surface area contributed by atoms with E-state index < -0.39 is 5.60 Å². The first-order chi connectivity index (χ1) is 8.11. The van der Waals surface area contributed by atoms with Gasteiger partial charge in [0.25, 0.3) is 0 Å². The summed E-state index contributed by atoms with van der Waals surface area (Å²) in [6, 6.07) is 0. The number of rotatable bonds is 5. The number of hydrogen-bond donors (Lipinski definition) is 2. The van der Waals surface area contributed by atoms with Crippen molar-refractivity contribution in [3.63, 3.8) is 0 Å². The van der Waals surface area contributed by atoms with E-state index >= 15 is 0 Å². The Morgan fingerprint density at radius 2 is 1.71 bits per heavy atom. The molecule has 1 aliphatic rings. The fraction of sp³-hybridized carbons (Fsp3) is 0.929. The van der Waals surface area contributed by atoms with E-state index in [1.54, 1.807) is 0 Å². The molecule has 0 radical (unpaired) electrons. The summed E-state index contributed by atoms with van der Waals surface area (Å²) in [4.78, 5) is 11.9. The Morgan fingerprint density at radius 1 is 1.18 bits per heavy atom. The zero-order valence-corrected chi connectivity index (χ0v) is 11.3. The zero-order chi connectivity index (χ0) is 12.7. The highest BCUT2D eigenvalue weighted by Crippen LogP contribution is 2.26. The molecule has 0 unspecified atom stereocenters. The van der Waals surface area contributed by atoms with Gasteiger partial charge in [-0.15, -0.1) is 0 Å². The fourth-order valence-corrected chi connectivity index (χ4v) is 2.62. The second-order valence-electron chi connectivity index (χ2n) is 5.37. The van der Waals surface area contributed by atoms with E-state index in [1.807, 2.05) is 13.8 Å². The third-order valence-corrected chi connectivity index (χ3v) is 3.98. The number of nitrogens with one attached hydrogen (secondary N) is 1. The van der Waals surface area contributed by atoms with Crippen LogP contribution in [0, 0.1) is 5.92 Å². The van der Waals surface area contributed by atoms with Crippen LogP contribution in [0.4, 0.5) is 0 Å². The minimum Gasteiger partial charge on any atom is -0.388 e. The lowest BCUT2D eigenvalue weighted by Gasteiger charge is -2.27. The highest BCUT2D eigenvalue weighted by molar-refractivity contribution is 5.78. The number of amides is 1. The van der Waals surface area contributed by atoms with Gasteiger partial charge in [0.2, 0.25) is 5.91 Å². The van der Waals surface area contributed by atoms with E-state index in [0.717, 1.165) is 38.5 Å². The van der Waals surface area contributed by atoms with Crippen LogP contribution in [-0.2, 0) is 4.79 Å². The first kappa shape index (κ1) is 14.5. The summed E-state index contributed by atoms with van der Waals surface area (Å²) in [6.45, 7) is 4.50. The summed E-state index contributed by atoms with van der Waals surface area (Å²) < 4.78 is 0. The van der Waals surface area contributed by atoms with Crippen molar-refractivity contribution in [1.29, 1.82) is 0 Å². The Balaban J connectivity index is 2.39. The average molecular weight is 241 g/mol. The van der Waals surface area contributed by atoms with Gasteiger partial charge in [-0.1, -0.05) is 39.5 Å². The molecule has 0 aliphatic heterocycles. The molecule has 0 bridgehead atoms. The van der Waals surface area contributed by atoms with Gasteiger partial charge in [-0.3, -0.25) is 4.79 Å². The summed E-state index contributed by atoms with van der Waals surface area (Å²) in [5.74, 6) is 0.206. The van der Waals surface area contributed by atoms with Crippen molar-refractivity contribution >= 4 is 5.91 Å². The number of carbonyl (C=O) groups is 1. The van der Waals surface area contributed by atoms with Crippen LogP contribution in [0.3, 0.4) is 0 Å². The van der Waals surface area contributed by atoms with Gasteiger partial charge in [0.1, 0.15) is 0 Å². The molecule has 1 fully saturated rings. The van der Waals surface area contributed by atoms with Crippen molar-refractivity contribution in [2.75, 3.05) is 6.54 Å². The summed E-state index contributed by atoms with van der Waals surface area (Å²) in [6.07, 6.45) is 7.99. The molecule has 0 heterocycles. The molecular formula is C14H27NO2. The van der Waals surface area contributed by atoms with Crippen molar-refractivity contribution < 1.29 is 9.90 Å². The normalized spacial score (nSPS) is 20.0. The second-order valence-corrected chi connectivity index (χ2v) is 5.37. The van der Waals surface area contributed by atoms with Crippen LogP contribution in [0.25, 0.3) is 0 Å². The van der Waals surface area contributed by atoms with Crippen molar-refractivity contribution in [3.8, 4) is 0 Å².